The monoisotopic (exact) mass is 301 g/mol. The van der Waals surface area contributed by atoms with E-state index in [0.29, 0.717) is 11.3 Å². The first-order chi connectivity index (χ1) is 10.7. The van der Waals surface area contributed by atoms with Crippen LogP contribution in [0.1, 0.15) is 5.76 Å². The second-order valence-corrected chi connectivity index (χ2v) is 4.51. The first-order valence-corrected chi connectivity index (χ1v) is 6.53. The van der Waals surface area contributed by atoms with Crippen LogP contribution in [0.15, 0.2) is 47.1 Å². The molecule has 7 nitrogen and oxygen atoms in total. The Labute approximate surface area is 124 Å². The quantitative estimate of drug-likeness (QED) is 0.769. The van der Waals surface area contributed by atoms with Crippen LogP contribution < -0.4 is 5.32 Å². The number of carbonyl (C=O) groups is 1. The fourth-order valence-electron chi connectivity index (χ4n) is 1.84. The van der Waals surface area contributed by atoms with Crippen LogP contribution in [0.4, 0.5) is 4.39 Å². The highest BCUT2D eigenvalue weighted by Gasteiger charge is 2.10. The number of tetrazole rings is 1. The summed E-state index contributed by atoms with van der Waals surface area (Å²) in [4.78, 5) is 12.9. The summed E-state index contributed by atoms with van der Waals surface area (Å²) in [6.07, 6.45) is 1.53. The molecule has 0 spiro atoms. The van der Waals surface area contributed by atoms with E-state index in [-0.39, 0.29) is 30.6 Å². The molecule has 1 aromatic carbocycles. The summed E-state index contributed by atoms with van der Waals surface area (Å²) >= 11 is 0. The van der Waals surface area contributed by atoms with Crippen molar-refractivity contribution in [3.05, 3.63) is 54.2 Å². The summed E-state index contributed by atoms with van der Waals surface area (Å²) in [5.74, 6) is 0.253. The molecule has 2 aromatic heterocycles. The summed E-state index contributed by atoms with van der Waals surface area (Å²) in [6.45, 7) is 0.209. The van der Waals surface area contributed by atoms with Crippen molar-refractivity contribution in [1.29, 1.82) is 0 Å². The average Bonchev–Trinajstić information content (AvgIpc) is 3.16. The van der Waals surface area contributed by atoms with Gasteiger partial charge < -0.3 is 9.73 Å². The van der Waals surface area contributed by atoms with Crippen molar-refractivity contribution in [2.24, 2.45) is 0 Å². The fraction of sp³-hybridized carbons (Fsp3) is 0.143. The SMILES string of the molecule is O=C(Cn1nnc(-c2cccc(F)c2)n1)NCc1ccco1. The zero-order valence-electron chi connectivity index (χ0n) is 11.4. The van der Waals surface area contributed by atoms with Crippen LogP contribution in [0, 0.1) is 5.82 Å². The van der Waals surface area contributed by atoms with Crippen LogP contribution in [0.25, 0.3) is 11.4 Å². The molecule has 0 saturated carbocycles. The predicted molar refractivity (Wildman–Crippen MR) is 73.8 cm³/mol. The molecular formula is C14H12FN5O2. The molecular weight excluding hydrogens is 289 g/mol. The average molecular weight is 301 g/mol. The van der Waals surface area contributed by atoms with Crippen LogP contribution in [-0.4, -0.2) is 26.1 Å². The Balaban J connectivity index is 1.60. The third-order valence-corrected chi connectivity index (χ3v) is 2.86. The molecule has 0 aliphatic carbocycles. The van der Waals surface area contributed by atoms with Crippen molar-refractivity contribution in [1.82, 2.24) is 25.5 Å². The minimum absolute atomic E-state index is 0.0803. The summed E-state index contributed by atoms with van der Waals surface area (Å²) in [5, 5.41) is 14.3. The first kappa shape index (κ1) is 13.9. The van der Waals surface area contributed by atoms with E-state index >= 15 is 0 Å². The van der Waals surface area contributed by atoms with Crippen molar-refractivity contribution in [3.63, 3.8) is 0 Å². The Morgan fingerprint density at radius 1 is 1.32 bits per heavy atom. The number of hydrogen-bond donors (Lipinski definition) is 1. The molecule has 112 valence electrons. The molecule has 0 atom stereocenters. The lowest BCUT2D eigenvalue weighted by Gasteiger charge is -2.01. The number of halogens is 1. The Kier molecular flexibility index (Phi) is 3.90. The maximum atomic E-state index is 13.1. The van der Waals surface area contributed by atoms with Gasteiger partial charge in [-0.1, -0.05) is 12.1 Å². The molecule has 0 aliphatic rings. The minimum atomic E-state index is -0.384. The third-order valence-electron chi connectivity index (χ3n) is 2.86. The number of hydrogen-bond acceptors (Lipinski definition) is 5. The van der Waals surface area contributed by atoms with Crippen LogP contribution in [0.3, 0.4) is 0 Å². The maximum absolute atomic E-state index is 13.1. The van der Waals surface area contributed by atoms with Crippen molar-refractivity contribution in [3.8, 4) is 11.4 Å². The normalized spacial score (nSPS) is 10.6. The second kappa shape index (κ2) is 6.17. The summed E-state index contributed by atoms with van der Waals surface area (Å²) in [7, 11) is 0. The number of aromatic nitrogens is 4. The molecule has 1 N–H and O–H groups in total. The van der Waals surface area contributed by atoms with Gasteiger partial charge in [-0.2, -0.15) is 4.80 Å². The number of nitrogens with zero attached hydrogens (tertiary/aromatic N) is 4. The highest BCUT2D eigenvalue weighted by molar-refractivity contribution is 5.75. The molecule has 0 bridgehead atoms. The van der Waals surface area contributed by atoms with Crippen LogP contribution >= 0.6 is 0 Å². The van der Waals surface area contributed by atoms with Gasteiger partial charge in [0.15, 0.2) is 0 Å². The second-order valence-electron chi connectivity index (χ2n) is 4.51. The van der Waals surface area contributed by atoms with E-state index in [4.69, 9.17) is 4.42 Å². The van der Waals surface area contributed by atoms with E-state index in [9.17, 15) is 9.18 Å². The van der Waals surface area contributed by atoms with Crippen LogP contribution in [0.5, 0.6) is 0 Å². The van der Waals surface area contributed by atoms with Gasteiger partial charge in [-0.05, 0) is 29.5 Å². The van der Waals surface area contributed by atoms with Gasteiger partial charge in [-0.3, -0.25) is 4.79 Å². The lowest BCUT2D eigenvalue weighted by Crippen LogP contribution is -2.27. The summed E-state index contributed by atoms with van der Waals surface area (Å²) in [5.41, 5.74) is 0.502. The molecule has 8 heteroatoms. The van der Waals surface area contributed by atoms with Gasteiger partial charge in [0.25, 0.3) is 0 Å². The highest BCUT2D eigenvalue weighted by Crippen LogP contribution is 2.14. The summed E-state index contributed by atoms with van der Waals surface area (Å²) < 4.78 is 18.3. The Bertz CT molecular complexity index is 769. The largest absolute Gasteiger partial charge is 0.467 e. The number of carbonyl (C=O) groups excluding carboxylic acids is 1. The molecule has 0 aliphatic heterocycles. The molecule has 0 saturated heterocycles. The topological polar surface area (TPSA) is 85.8 Å². The van der Waals surface area contributed by atoms with E-state index in [1.165, 1.54) is 18.4 Å². The van der Waals surface area contributed by atoms with E-state index < -0.39 is 0 Å². The molecule has 22 heavy (non-hydrogen) atoms. The molecule has 0 fully saturated rings. The standard InChI is InChI=1S/C14H12FN5O2/c15-11-4-1-3-10(7-11)14-17-19-20(18-14)9-13(21)16-8-12-5-2-6-22-12/h1-7H,8-9H2,(H,16,21). The number of amides is 1. The highest BCUT2D eigenvalue weighted by atomic mass is 19.1. The van der Waals surface area contributed by atoms with Gasteiger partial charge in [0.2, 0.25) is 11.7 Å². The number of furan rings is 1. The number of rotatable bonds is 5. The van der Waals surface area contributed by atoms with Crippen molar-refractivity contribution < 1.29 is 13.6 Å². The van der Waals surface area contributed by atoms with Gasteiger partial charge in [0.1, 0.15) is 18.1 Å². The van der Waals surface area contributed by atoms with Crippen molar-refractivity contribution >= 4 is 5.91 Å². The maximum Gasteiger partial charge on any atom is 0.244 e. The van der Waals surface area contributed by atoms with Gasteiger partial charge in [-0.15, -0.1) is 10.2 Å². The molecule has 3 rings (SSSR count). The van der Waals surface area contributed by atoms with Gasteiger partial charge in [0.05, 0.1) is 12.8 Å². The van der Waals surface area contributed by atoms with E-state index in [0.717, 1.165) is 4.80 Å². The van der Waals surface area contributed by atoms with Crippen LogP contribution in [0.2, 0.25) is 0 Å². The van der Waals surface area contributed by atoms with Crippen LogP contribution in [-0.2, 0) is 17.9 Å². The molecule has 3 aromatic rings. The zero-order chi connectivity index (χ0) is 15.4. The van der Waals surface area contributed by atoms with E-state index in [1.54, 1.807) is 24.3 Å². The molecule has 1 amide bonds. The first-order valence-electron chi connectivity index (χ1n) is 6.53. The fourth-order valence-corrected chi connectivity index (χ4v) is 1.84. The molecule has 0 unspecified atom stereocenters. The van der Waals surface area contributed by atoms with Gasteiger partial charge >= 0.3 is 0 Å². The summed E-state index contributed by atoms with van der Waals surface area (Å²) in [6, 6.07) is 9.36. The van der Waals surface area contributed by atoms with E-state index in [1.807, 2.05) is 0 Å². The van der Waals surface area contributed by atoms with Crippen molar-refractivity contribution in [2.75, 3.05) is 0 Å². The number of nitrogens with one attached hydrogen (secondary N) is 1. The Morgan fingerprint density at radius 3 is 3.00 bits per heavy atom. The molecule has 0 radical (unpaired) electrons. The van der Waals surface area contributed by atoms with E-state index in [2.05, 4.69) is 20.7 Å². The Hall–Kier alpha value is -3.03. The predicted octanol–water partition coefficient (Wildman–Crippen LogP) is 1.39. The third kappa shape index (κ3) is 3.35. The number of benzene rings is 1. The molecule has 2 heterocycles. The van der Waals surface area contributed by atoms with Crippen molar-refractivity contribution in [2.45, 2.75) is 13.1 Å². The lowest BCUT2D eigenvalue weighted by atomic mass is 10.2. The zero-order valence-corrected chi connectivity index (χ0v) is 11.4. The minimum Gasteiger partial charge on any atom is -0.467 e. The Morgan fingerprint density at radius 2 is 2.23 bits per heavy atom. The smallest absolute Gasteiger partial charge is 0.244 e. The van der Waals surface area contributed by atoms with Gasteiger partial charge in [-0.25, -0.2) is 4.39 Å². The lowest BCUT2D eigenvalue weighted by molar-refractivity contribution is -0.122. The van der Waals surface area contributed by atoms with Gasteiger partial charge in [0, 0.05) is 5.56 Å².